The average molecular weight is 396 g/mol. The molecule has 6 heteroatoms. The molecule has 0 aliphatic carbocycles. The van der Waals surface area contributed by atoms with Crippen LogP contribution in [0.4, 0.5) is 5.69 Å². The van der Waals surface area contributed by atoms with Crippen molar-refractivity contribution in [2.45, 2.75) is 0 Å². The van der Waals surface area contributed by atoms with Crippen LogP contribution in [0, 0.1) is 0 Å². The number of carbonyl (C=O) groups is 1. The minimum atomic E-state index is 0.0174. The monoisotopic (exact) mass is 394 g/mol. The van der Waals surface area contributed by atoms with E-state index in [9.17, 15) is 4.79 Å². The second-order valence-corrected chi connectivity index (χ2v) is 7.05. The van der Waals surface area contributed by atoms with Gasteiger partial charge in [0.05, 0.1) is 10.0 Å². The highest BCUT2D eigenvalue weighted by molar-refractivity contribution is 6.42. The van der Waals surface area contributed by atoms with E-state index in [4.69, 9.17) is 34.8 Å². The lowest BCUT2D eigenvalue weighted by atomic mass is 10.2. The first-order valence-corrected chi connectivity index (χ1v) is 9.09. The number of rotatable bonds is 3. The molecule has 0 radical (unpaired) electrons. The summed E-state index contributed by atoms with van der Waals surface area (Å²) in [6, 6.07) is 13.0. The SMILES string of the molecule is O=C(C=Cc1ccc(Cl)cc1)N1CCN(c2ccc(Cl)c(Cl)c2)CC1. The van der Waals surface area contributed by atoms with Gasteiger partial charge in [-0.2, -0.15) is 0 Å². The minimum absolute atomic E-state index is 0.0174. The van der Waals surface area contributed by atoms with Crippen molar-refractivity contribution in [3.63, 3.8) is 0 Å². The van der Waals surface area contributed by atoms with Crippen LogP contribution in [0.5, 0.6) is 0 Å². The number of benzene rings is 2. The summed E-state index contributed by atoms with van der Waals surface area (Å²) < 4.78 is 0. The normalized spacial score (nSPS) is 15.0. The number of anilines is 1. The molecule has 25 heavy (non-hydrogen) atoms. The van der Waals surface area contributed by atoms with Crippen molar-refractivity contribution in [3.05, 3.63) is 69.2 Å². The van der Waals surface area contributed by atoms with Crippen molar-refractivity contribution in [2.24, 2.45) is 0 Å². The summed E-state index contributed by atoms with van der Waals surface area (Å²) in [5.74, 6) is 0.0174. The first kappa shape index (κ1) is 18.1. The van der Waals surface area contributed by atoms with Gasteiger partial charge in [-0.15, -0.1) is 0 Å². The first-order valence-electron chi connectivity index (χ1n) is 7.95. The summed E-state index contributed by atoms with van der Waals surface area (Å²) in [7, 11) is 0. The van der Waals surface area contributed by atoms with Gasteiger partial charge in [0, 0.05) is 43.0 Å². The molecule has 0 N–H and O–H groups in total. The molecule has 2 aromatic rings. The molecular formula is C19H17Cl3N2O. The molecule has 1 aliphatic rings. The maximum atomic E-state index is 12.3. The zero-order valence-electron chi connectivity index (χ0n) is 13.5. The van der Waals surface area contributed by atoms with Crippen LogP contribution >= 0.6 is 34.8 Å². The summed E-state index contributed by atoms with van der Waals surface area (Å²) in [6.07, 6.45) is 3.42. The predicted molar refractivity (Wildman–Crippen MR) is 106 cm³/mol. The molecule has 0 spiro atoms. The smallest absolute Gasteiger partial charge is 0.246 e. The van der Waals surface area contributed by atoms with E-state index in [1.807, 2.05) is 47.4 Å². The molecule has 1 saturated heterocycles. The molecule has 0 unspecified atom stereocenters. The van der Waals surface area contributed by atoms with Gasteiger partial charge in [0.2, 0.25) is 5.91 Å². The molecule has 3 nitrogen and oxygen atoms in total. The molecule has 1 fully saturated rings. The topological polar surface area (TPSA) is 23.6 Å². The van der Waals surface area contributed by atoms with Gasteiger partial charge in [-0.05, 0) is 42.0 Å². The van der Waals surface area contributed by atoms with E-state index in [1.165, 1.54) is 0 Å². The lowest BCUT2D eigenvalue weighted by Crippen LogP contribution is -2.48. The van der Waals surface area contributed by atoms with E-state index in [0.717, 1.165) is 24.3 Å². The number of hydrogen-bond donors (Lipinski definition) is 0. The Hall–Kier alpha value is -1.68. The lowest BCUT2D eigenvalue weighted by Gasteiger charge is -2.35. The van der Waals surface area contributed by atoms with Crippen LogP contribution in [-0.4, -0.2) is 37.0 Å². The summed E-state index contributed by atoms with van der Waals surface area (Å²) in [6.45, 7) is 2.87. The van der Waals surface area contributed by atoms with Crippen molar-refractivity contribution < 1.29 is 4.79 Å². The van der Waals surface area contributed by atoms with Gasteiger partial charge in [-0.1, -0.05) is 46.9 Å². The van der Waals surface area contributed by atoms with Crippen molar-refractivity contribution >= 4 is 52.5 Å². The second kappa shape index (κ2) is 8.13. The number of carbonyl (C=O) groups excluding carboxylic acids is 1. The van der Waals surface area contributed by atoms with Crippen LogP contribution in [0.3, 0.4) is 0 Å². The van der Waals surface area contributed by atoms with Crippen LogP contribution in [-0.2, 0) is 4.79 Å². The van der Waals surface area contributed by atoms with Crippen LogP contribution in [0.2, 0.25) is 15.1 Å². The van der Waals surface area contributed by atoms with E-state index < -0.39 is 0 Å². The molecule has 0 atom stereocenters. The standard InChI is InChI=1S/C19H17Cl3N2O/c20-15-4-1-14(2-5-15)3-8-19(25)24-11-9-23(10-12-24)16-6-7-17(21)18(22)13-16/h1-8,13H,9-12H2. The van der Waals surface area contributed by atoms with E-state index in [-0.39, 0.29) is 5.91 Å². The predicted octanol–water partition coefficient (Wildman–Crippen LogP) is 5.01. The van der Waals surface area contributed by atoms with Gasteiger partial charge < -0.3 is 9.80 Å². The van der Waals surface area contributed by atoms with Crippen molar-refractivity contribution in [1.82, 2.24) is 4.90 Å². The van der Waals surface area contributed by atoms with Gasteiger partial charge in [-0.25, -0.2) is 0 Å². The average Bonchev–Trinajstić information content (AvgIpc) is 2.63. The fraction of sp³-hybridized carbons (Fsp3) is 0.211. The Bertz CT molecular complexity index is 782. The fourth-order valence-corrected chi connectivity index (χ4v) is 3.13. The Morgan fingerprint density at radius 1 is 0.880 bits per heavy atom. The first-order chi connectivity index (χ1) is 12.0. The highest BCUT2D eigenvalue weighted by atomic mass is 35.5. The van der Waals surface area contributed by atoms with Crippen LogP contribution in [0.25, 0.3) is 6.08 Å². The van der Waals surface area contributed by atoms with Crippen LogP contribution in [0.15, 0.2) is 48.5 Å². The molecule has 2 aromatic carbocycles. The van der Waals surface area contributed by atoms with E-state index in [0.29, 0.717) is 28.2 Å². The second-order valence-electron chi connectivity index (χ2n) is 5.80. The molecule has 130 valence electrons. The molecule has 3 rings (SSSR count). The molecule has 0 bridgehead atoms. The minimum Gasteiger partial charge on any atom is -0.368 e. The third-order valence-corrected chi connectivity index (χ3v) is 5.14. The number of hydrogen-bond acceptors (Lipinski definition) is 2. The largest absolute Gasteiger partial charge is 0.368 e. The molecular weight excluding hydrogens is 379 g/mol. The van der Waals surface area contributed by atoms with Gasteiger partial charge in [0.1, 0.15) is 0 Å². The Kier molecular flexibility index (Phi) is 5.89. The zero-order chi connectivity index (χ0) is 17.8. The maximum Gasteiger partial charge on any atom is 0.246 e. The molecule has 1 aliphatic heterocycles. The summed E-state index contributed by atoms with van der Waals surface area (Å²) in [5.41, 5.74) is 1.98. The molecule has 0 aromatic heterocycles. The van der Waals surface area contributed by atoms with Crippen LogP contribution in [0.1, 0.15) is 5.56 Å². The summed E-state index contributed by atoms with van der Waals surface area (Å²) >= 11 is 17.9. The van der Waals surface area contributed by atoms with E-state index >= 15 is 0 Å². The van der Waals surface area contributed by atoms with E-state index in [1.54, 1.807) is 12.1 Å². The Morgan fingerprint density at radius 2 is 1.56 bits per heavy atom. The van der Waals surface area contributed by atoms with Crippen molar-refractivity contribution in [3.8, 4) is 0 Å². The van der Waals surface area contributed by atoms with Gasteiger partial charge in [0.15, 0.2) is 0 Å². The lowest BCUT2D eigenvalue weighted by molar-refractivity contribution is -0.126. The molecule has 1 heterocycles. The molecule has 0 saturated carbocycles. The van der Waals surface area contributed by atoms with Crippen LogP contribution < -0.4 is 4.90 Å². The number of piperazine rings is 1. The third-order valence-electron chi connectivity index (χ3n) is 4.15. The van der Waals surface area contributed by atoms with E-state index in [2.05, 4.69) is 4.90 Å². The highest BCUT2D eigenvalue weighted by Crippen LogP contribution is 2.27. The maximum absolute atomic E-state index is 12.3. The number of amides is 1. The van der Waals surface area contributed by atoms with Crippen molar-refractivity contribution in [2.75, 3.05) is 31.1 Å². The quantitative estimate of drug-likeness (QED) is 0.682. The fourth-order valence-electron chi connectivity index (χ4n) is 2.71. The number of nitrogens with zero attached hydrogens (tertiary/aromatic N) is 2. The Labute approximate surface area is 162 Å². The zero-order valence-corrected chi connectivity index (χ0v) is 15.7. The van der Waals surface area contributed by atoms with Gasteiger partial charge in [-0.3, -0.25) is 4.79 Å². The summed E-state index contributed by atoms with van der Waals surface area (Å²) in [4.78, 5) is 16.4. The highest BCUT2D eigenvalue weighted by Gasteiger charge is 2.20. The third kappa shape index (κ3) is 4.69. The number of halogens is 3. The Balaban J connectivity index is 1.57. The van der Waals surface area contributed by atoms with Gasteiger partial charge in [0.25, 0.3) is 0 Å². The molecule has 1 amide bonds. The van der Waals surface area contributed by atoms with Crippen molar-refractivity contribution in [1.29, 1.82) is 0 Å². The summed E-state index contributed by atoms with van der Waals surface area (Å²) in [5, 5.41) is 1.78. The Morgan fingerprint density at radius 3 is 2.20 bits per heavy atom. The van der Waals surface area contributed by atoms with Gasteiger partial charge >= 0.3 is 0 Å².